The minimum Gasteiger partial charge on any atom is -0.468 e. The molecule has 1 rings (SSSR count). The number of sulfonamides is 1. The summed E-state index contributed by atoms with van der Waals surface area (Å²) in [6.45, 7) is 3.42. The molecule has 0 aliphatic carbocycles. The molecular weight excluding hydrogens is 340 g/mol. The smallest absolute Gasteiger partial charge is 0.324 e. The molecule has 1 aromatic rings. The standard InChI is InChI=1S/C9H15BrN4O4S/c1-5(2)6(9(15)18-4)12-19(16,17)8-7(10)11-13-14(8)3/h5-6,12H,1-4H3/t6-/m0/s1. The number of hydrogen-bond acceptors (Lipinski definition) is 6. The van der Waals surface area contributed by atoms with Crippen LogP contribution in [0.1, 0.15) is 13.8 Å². The lowest BCUT2D eigenvalue weighted by atomic mass is 10.1. The van der Waals surface area contributed by atoms with Crippen molar-refractivity contribution in [2.45, 2.75) is 24.9 Å². The Balaban J connectivity index is 3.12. The highest BCUT2D eigenvalue weighted by Crippen LogP contribution is 2.19. The minimum atomic E-state index is -3.94. The summed E-state index contributed by atoms with van der Waals surface area (Å²) in [5.41, 5.74) is 0. The topological polar surface area (TPSA) is 103 Å². The van der Waals surface area contributed by atoms with Crippen molar-refractivity contribution in [3.63, 3.8) is 0 Å². The van der Waals surface area contributed by atoms with Crippen LogP contribution < -0.4 is 4.72 Å². The van der Waals surface area contributed by atoms with Crippen molar-refractivity contribution in [3.05, 3.63) is 4.60 Å². The van der Waals surface area contributed by atoms with Crippen LogP contribution in [0.2, 0.25) is 0 Å². The zero-order chi connectivity index (χ0) is 14.8. The van der Waals surface area contributed by atoms with Gasteiger partial charge in [-0.05, 0) is 21.8 Å². The van der Waals surface area contributed by atoms with Gasteiger partial charge in [-0.2, -0.15) is 4.72 Å². The van der Waals surface area contributed by atoms with Crippen LogP contribution >= 0.6 is 15.9 Å². The number of carbonyl (C=O) groups is 1. The third kappa shape index (κ3) is 3.51. The van der Waals surface area contributed by atoms with Crippen LogP contribution in [-0.4, -0.2) is 42.5 Å². The molecule has 0 amide bonds. The van der Waals surface area contributed by atoms with E-state index in [-0.39, 0.29) is 15.5 Å². The van der Waals surface area contributed by atoms with Crippen molar-refractivity contribution in [2.24, 2.45) is 13.0 Å². The normalized spacial score (nSPS) is 13.6. The number of carbonyl (C=O) groups excluding carboxylic acids is 1. The summed E-state index contributed by atoms with van der Waals surface area (Å²) in [5, 5.41) is 7.03. The first-order valence-electron chi connectivity index (χ1n) is 5.36. The van der Waals surface area contributed by atoms with Crippen LogP contribution in [0.25, 0.3) is 0 Å². The van der Waals surface area contributed by atoms with E-state index in [9.17, 15) is 13.2 Å². The Kier molecular flexibility index (Phi) is 5.04. The maximum Gasteiger partial charge on any atom is 0.324 e. The predicted molar refractivity (Wildman–Crippen MR) is 69.7 cm³/mol. The number of ether oxygens (including phenoxy) is 1. The molecule has 1 aromatic heterocycles. The van der Waals surface area contributed by atoms with Gasteiger partial charge in [-0.1, -0.05) is 19.1 Å². The summed E-state index contributed by atoms with van der Waals surface area (Å²) < 4.78 is 32.5. The van der Waals surface area contributed by atoms with E-state index >= 15 is 0 Å². The number of halogens is 1. The molecule has 0 aromatic carbocycles. The number of esters is 1. The molecule has 19 heavy (non-hydrogen) atoms. The number of aryl methyl sites for hydroxylation is 1. The first kappa shape index (κ1) is 16.1. The maximum atomic E-state index is 12.2. The van der Waals surface area contributed by atoms with Crippen LogP contribution in [0.3, 0.4) is 0 Å². The van der Waals surface area contributed by atoms with Gasteiger partial charge in [-0.3, -0.25) is 4.79 Å². The van der Waals surface area contributed by atoms with Crippen LogP contribution in [-0.2, 0) is 26.6 Å². The molecule has 0 bridgehead atoms. The second-order valence-corrected chi connectivity index (χ2v) is 6.56. The van der Waals surface area contributed by atoms with E-state index in [1.165, 1.54) is 14.2 Å². The van der Waals surface area contributed by atoms with Crippen LogP contribution in [0.15, 0.2) is 9.63 Å². The number of rotatable bonds is 5. The molecule has 0 aliphatic rings. The molecule has 1 N–H and O–H groups in total. The summed E-state index contributed by atoms with van der Waals surface area (Å²) in [6, 6.07) is -0.975. The highest BCUT2D eigenvalue weighted by molar-refractivity contribution is 9.10. The van der Waals surface area contributed by atoms with Gasteiger partial charge >= 0.3 is 5.97 Å². The van der Waals surface area contributed by atoms with Gasteiger partial charge in [0.2, 0.25) is 5.03 Å². The second-order valence-electron chi connectivity index (χ2n) is 4.18. The van der Waals surface area contributed by atoms with Gasteiger partial charge in [-0.15, -0.1) is 5.10 Å². The molecular formula is C9H15BrN4O4S. The molecule has 0 radical (unpaired) electrons. The van der Waals surface area contributed by atoms with Crippen molar-refractivity contribution < 1.29 is 17.9 Å². The Labute approximate surface area is 119 Å². The highest BCUT2D eigenvalue weighted by atomic mass is 79.9. The SMILES string of the molecule is COC(=O)[C@@H](NS(=O)(=O)c1c(Br)nnn1C)C(C)C. The molecule has 10 heteroatoms. The van der Waals surface area contributed by atoms with E-state index in [2.05, 4.69) is 35.7 Å². The third-order valence-electron chi connectivity index (χ3n) is 2.40. The minimum absolute atomic E-state index is 0.0786. The van der Waals surface area contributed by atoms with Crippen LogP contribution in [0.5, 0.6) is 0 Å². The summed E-state index contributed by atoms with van der Waals surface area (Å²) >= 11 is 3.00. The van der Waals surface area contributed by atoms with E-state index in [1.54, 1.807) is 13.8 Å². The fraction of sp³-hybridized carbons (Fsp3) is 0.667. The molecule has 0 saturated heterocycles. The Hall–Kier alpha value is -1.00. The fourth-order valence-electron chi connectivity index (χ4n) is 1.41. The monoisotopic (exact) mass is 354 g/mol. The van der Waals surface area contributed by atoms with Crippen molar-refractivity contribution in [1.29, 1.82) is 0 Å². The maximum absolute atomic E-state index is 12.2. The molecule has 8 nitrogen and oxygen atoms in total. The third-order valence-corrected chi connectivity index (χ3v) is 4.72. The quantitative estimate of drug-likeness (QED) is 0.749. The largest absolute Gasteiger partial charge is 0.468 e. The van der Waals surface area contributed by atoms with Gasteiger partial charge < -0.3 is 4.74 Å². The number of nitrogens with one attached hydrogen (secondary N) is 1. The molecule has 0 spiro atoms. The molecule has 1 atom stereocenters. The molecule has 0 aliphatic heterocycles. The molecule has 108 valence electrons. The van der Waals surface area contributed by atoms with Crippen molar-refractivity contribution in [2.75, 3.05) is 7.11 Å². The lowest BCUT2D eigenvalue weighted by Crippen LogP contribution is -2.45. The van der Waals surface area contributed by atoms with E-state index in [4.69, 9.17) is 0 Å². The van der Waals surface area contributed by atoms with Gasteiger partial charge in [0.05, 0.1) is 7.11 Å². The van der Waals surface area contributed by atoms with Gasteiger partial charge in [0.1, 0.15) is 6.04 Å². The van der Waals surface area contributed by atoms with E-state index in [0.29, 0.717) is 0 Å². The summed E-state index contributed by atoms with van der Waals surface area (Å²) in [6.07, 6.45) is 0. The molecule has 0 unspecified atom stereocenters. The number of nitrogens with zero attached hydrogens (tertiary/aromatic N) is 3. The fourth-order valence-corrected chi connectivity index (χ4v) is 3.84. The lowest BCUT2D eigenvalue weighted by Gasteiger charge is -2.19. The van der Waals surface area contributed by atoms with E-state index in [0.717, 1.165) is 4.68 Å². The summed E-state index contributed by atoms with van der Waals surface area (Å²) in [4.78, 5) is 11.6. The predicted octanol–water partition coefficient (Wildman–Crippen LogP) is 0.0535. The lowest BCUT2D eigenvalue weighted by molar-refractivity contribution is -0.143. The van der Waals surface area contributed by atoms with Crippen molar-refractivity contribution >= 4 is 31.9 Å². The molecule has 0 fully saturated rings. The van der Waals surface area contributed by atoms with Gasteiger partial charge in [0.15, 0.2) is 4.60 Å². The number of hydrogen-bond donors (Lipinski definition) is 1. The zero-order valence-corrected chi connectivity index (χ0v) is 13.3. The van der Waals surface area contributed by atoms with Crippen LogP contribution in [0, 0.1) is 5.92 Å². The van der Waals surface area contributed by atoms with Crippen molar-refractivity contribution in [3.8, 4) is 0 Å². The highest BCUT2D eigenvalue weighted by Gasteiger charge is 2.32. The molecule has 0 saturated carbocycles. The molecule has 1 heterocycles. The average Bonchev–Trinajstić information content (AvgIpc) is 2.65. The number of methoxy groups -OCH3 is 1. The van der Waals surface area contributed by atoms with Crippen molar-refractivity contribution in [1.82, 2.24) is 19.7 Å². The van der Waals surface area contributed by atoms with Gasteiger partial charge in [0, 0.05) is 7.05 Å². The zero-order valence-electron chi connectivity index (χ0n) is 10.9. The second kappa shape index (κ2) is 5.97. The first-order chi connectivity index (χ1) is 8.70. The Morgan fingerprint density at radius 1 is 1.47 bits per heavy atom. The Bertz CT molecular complexity index is 549. The average molecular weight is 355 g/mol. The summed E-state index contributed by atoms with van der Waals surface area (Å²) in [5.74, 6) is -0.910. The first-order valence-corrected chi connectivity index (χ1v) is 7.63. The Morgan fingerprint density at radius 2 is 2.05 bits per heavy atom. The van der Waals surface area contributed by atoms with Gasteiger partial charge in [0.25, 0.3) is 10.0 Å². The van der Waals surface area contributed by atoms with Crippen LogP contribution in [0.4, 0.5) is 0 Å². The van der Waals surface area contributed by atoms with E-state index in [1.807, 2.05) is 0 Å². The number of aromatic nitrogens is 3. The Morgan fingerprint density at radius 3 is 2.42 bits per heavy atom. The van der Waals surface area contributed by atoms with E-state index < -0.39 is 22.0 Å². The van der Waals surface area contributed by atoms with Gasteiger partial charge in [-0.25, -0.2) is 13.1 Å². The summed E-state index contributed by atoms with van der Waals surface area (Å²) in [7, 11) is -1.30.